The van der Waals surface area contributed by atoms with Crippen molar-refractivity contribution in [3.8, 4) is 0 Å². The van der Waals surface area contributed by atoms with Crippen molar-refractivity contribution >= 4 is 22.8 Å². The average molecular weight is 508 g/mol. The van der Waals surface area contributed by atoms with Crippen LogP contribution in [-0.2, 0) is 24.4 Å². The number of ether oxygens (including phenoxy) is 1. The number of carbonyl (C=O) groups is 2. The van der Waals surface area contributed by atoms with E-state index in [9.17, 15) is 9.59 Å². The van der Waals surface area contributed by atoms with Crippen molar-refractivity contribution in [3.05, 3.63) is 119 Å². The number of piperidine rings is 1. The molecule has 3 aromatic carbocycles. The van der Waals surface area contributed by atoms with Crippen LogP contribution in [-0.4, -0.2) is 34.8 Å². The number of hydrogen-bond acceptors (Lipinski definition) is 4. The van der Waals surface area contributed by atoms with E-state index in [1.54, 1.807) is 6.08 Å². The average Bonchev–Trinajstić information content (AvgIpc) is 3.34. The highest BCUT2D eigenvalue weighted by molar-refractivity contribution is 6.14. The van der Waals surface area contributed by atoms with Crippen LogP contribution in [0.25, 0.3) is 10.9 Å². The van der Waals surface area contributed by atoms with E-state index >= 15 is 0 Å². The van der Waals surface area contributed by atoms with E-state index in [0.717, 1.165) is 48.9 Å². The number of allylic oxidation sites excluding steroid dienone is 2. The Morgan fingerprint density at radius 1 is 0.895 bits per heavy atom. The molecule has 6 nitrogen and oxygen atoms in total. The van der Waals surface area contributed by atoms with Crippen molar-refractivity contribution in [2.45, 2.75) is 32.5 Å². The quantitative estimate of drug-likeness (QED) is 0.208. The third-order valence-electron chi connectivity index (χ3n) is 7.05. The SMILES string of the molecule is O=C(NCc1[nH]c2ccccc2c1C(=O)C=CC1CCN(Cc2ccccc2)CC1)OCc1ccccc1. The van der Waals surface area contributed by atoms with Crippen molar-refractivity contribution < 1.29 is 14.3 Å². The third kappa shape index (κ3) is 6.58. The van der Waals surface area contributed by atoms with Crippen molar-refractivity contribution in [1.82, 2.24) is 15.2 Å². The van der Waals surface area contributed by atoms with Crippen LogP contribution in [0.2, 0.25) is 0 Å². The van der Waals surface area contributed by atoms with Crippen molar-refractivity contribution in [2.75, 3.05) is 13.1 Å². The molecule has 1 amide bonds. The highest BCUT2D eigenvalue weighted by Crippen LogP contribution is 2.25. The second kappa shape index (κ2) is 12.4. The number of carbonyl (C=O) groups excluding carboxylic acids is 2. The van der Waals surface area contributed by atoms with Gasteiger partial charge in [0.05, 0.1) is 12.1 Å². The predicted molar refractivity (Wildman–Crippen MR) is 150 cm³/mol. The van der Waals surface area contributed by atoms with E-state index in [-0.39, 0.29) is 18.9 Å². The van der Waals surface area contributed by atoms with Gasteiger partial charge in [0.25, 0.3) is 0 Å². The molecular weight excluding hydrogens is 474 g/mol. The molecule has 0 unspecified atom stereocenters. The van der Waals surface area contributed by atoms with E-state index in [2.05, 4.69) is 45.5 Å². The van der Waals surface area contributed by atoms with Crippen molar-refractivity contribution in [2.24, 2.45) is 5.92 Å². The van der Waals surface area contributed by atoms with E-state index in [0.29, 0.717) is 17.2 Å². The molecule has 6 heteroatoms. The lowest BCUT2D eigenvalue weighted by molar-refractivity contribution is 0.104. The summed E-state index contributed by atoms with van der Waals surface area (Å²) in [4.78, 5) is 31.5. The lowest BCUT2D eigenvalue weighted by Gasteiger charge is -2.30. The summed E-state index contributed by atoms with van der Waals surface area (Å²) in [7, 11) is 0. The van der Waals surface area contributed by atoms with Crippen LogP contribution in [0, 0.1) is 5.92 Å². The maximum absolute atomic E-state index is 13.4. The molecule has 1 aromatic heterocycles. The van der Waals surface area contributed by atoms with Gasteiger partial charge in [0.15, 0.2) is 5.78 Å². The molecule has 5 rings (SSSR count). The predicted octanol–water partition coefficient (Wildman–Crippen LogP) is 6.25. The number of likely N-dealkylation sites (tertiary alicyclic amines) is 1. The first-order valence-corrected chi connectivity index (χ1v) is 13.2. The number of aromatic nitrogens is 1. The molecule has 194 valence electrons. The number of amides is 1. The van der Waals surface area contributed by atoms with Gasteiger partial charge in [-0.2, -0.15) is 0 Å². The molecule has 0 saturated carbocycles. The highest BCUT2D eigenvalue weighted by Gasteiger charge is 2.20. The number of rotatable bonds is 9. The number of alkyl carbamates (subject to hydrolysis) is 1. The molecule has 0 atom stereocenters. The second-order valence-electron chi connectivity index (χ2n) is 9.76. The van der Waals surface area contributed by atoms with Gasteiger partial charge in [-0.25, -0.2) is 4.79 Å². The monoisotopic (exact) mass is 507 g/mol. The largest absolute Gasteiger partial charge is 0.445 e. The van der Waals surface area contributed by atoms with E-state index in [4.69, 9.17) is 4.74 Å². The maximum atomic E-state index is 13.4. The Hall–Kier alpha value is -4.16. The van der Waals surface area contributed by atoms with Crippen LogP contribution in [0.3, 0.4) is 0 Å². The number of para-hydroxylation sites is 1. The van der Waals surface area contributed by atoms with E-state index in [1.165, 1.54) is 5.56 Å². The minimum atomic E-state index is -0.524. The van der Waals surface area contributed by atoms with Crippen LogP contribution in [0.4, 0.5) is 4.79 Å². The summed E-state index contributed by atoms with van der Waals surface area (Å²) >= 11 is 0. The molecular formula is C32H33N3O3. The Bertz CT molecular complexity index is 1390. The van der Waals surface area contributed by atoms with Gasteiger partial charge in [-0.1, -0.05) is 84.9 Å². The summed E-state index contributed by atoms with van der Waals surface area (Å²) in [6.07, 6.45) is 5.32. The summed E-state index contributed by atoms with van der Waals surface area (Å²) in [5.41, 5.74) is 4.39. The maximum Gasteiger partial charge on any atom is 0.407 e. The lowest BCUT2D eigenvalue weighted by atomic mass is 9.95. The van der Waals surface area contributed by atoms with E-state index in [1.807, 2.05) is 60.7 Å². The lowest BCUT2D eigenvalue weighted by Crippen LogP contribution is -2.32. The molecule has 1 saturated heterocycles. The zero-order chi connectivity index (χ0) is 26.2. The Morgan fingerprint density at radius 3 is 2.29 bits per heavy atom. The molecule has 0 radical (unpaired) electrons. The van der Waals surface area contributed by atoms with Gasteiger partial charge in [-0.15, -0.1) is 0 Å². The fourth-order valence-corrected chi connectivity index (χ4v) is 5.00. The number of aromatic amines is 1. The molecule has 1 aliphatic heterocycles. The van der Waals surface area contributed by atoms with Gasteiger partial charge < -0.3 is 15.0 Å². The molecule has 38 heavy (non-hydrogen) atoms. The Labute approximate surface area is 223 Å². The number of ketones is 1. The molecule has 2 heterocycles. The fourth-order valence-electron chi connectivity index (χ4n) is 5.00. The number of nitrogens with zero attached hydrogens (tertiary/aromatic N) is 1. The molecule has 0 aliphatic carbocycles. The molecule has 4 aromatic rings. The van der Waals surface area contributed by atoms with Gasteiger partial charge in [-0.3, -0.25) is 9.69 Å². The zero-order valence-corrected chi connectivity index (χ0v) is 21.4. The van der Waals surface area contributed by atoms with E-state index < -0.39 is 6.09 Å². The van der Waals surface area contributed by atoms with Gasteiger partial charge in [-0.05, 0) is 55.1 Å². The molecule has 1 fully saturated rings. The van der Waals surface area contributed by atoms with Crippen LogP contribution < -0.4 is 5.32 Å². The fraction of sp³-hybridized carbons (Fsp3) is 0.250. The van der Waals surface area contributed by atoms with Crippen LogP contribution >= 0.6 is 0 Å². The second-order valence-corrected chi connectivity index (χ2v) is 9.76. The zero-order valence-electron chi connectivity index (χ0n) is 21.4. The summed E-state index contributed by atoms with van der Waals surface area (Å²) in [6, 6.07) is 27.8. The Morgan fingerprint density at radius 2 is 1.55 bits per heavy atom. The van der Waals surface area contributed by atoms with Crippen LogP contribution in [0.5, 0.6) is 0 Å². The van der Waals surface area contributed by atoms with Gasteiger partial charge in [0.2, 0.25) is 0 Å². The van der Waals surface area contributed by atoms with Gasteiger partial charge in [0, 0.05) is 23.1 Å². The third-order valence-corrected chi connectivity index (χ3v) is 7.05. The number of fused-ring (bicyclic) bond motifs is 1. The number of benzene rings is 3. The molecule has 0 bridgehead atoms. The first-order chi connectivity index (χ1) is 18.7. The Balaban J connectivity index is 1.19. The summed E-state index contributed by atoms with van der Waals surface area (Å²) in [5, 5.41) is 3.64. The first kappa shape index (κ1) is 25.5. The summed E-state index contributed by atoms with van der Waals surface area (Å²) < 4.78 is 5.33. The van der Waals surface area contributed by atoms with Gasteiger partial charge in [0.1, 0.15) is 6.61 Å². The highest BCUT2D eigenvalue weighted by atomic mass is 16.5. The molecule has 0 spiro atoms. The van der Waals surface area contributed by atoms with Crippen molar-refractivity contribution in [3.63, 3.8) is 0 Å². The summed E-state index contributed by atoms with van der Waals surface area (Å²) in [5.74, 6) is 0.328. The topological polar surface area (TPSA) is 74.4 Å². The van der Waals surface area contributed by atoms with Crippen LogP contribution in [0.1, 0.15) is 40.0 Å². The number of hydrogen-bond donors (Lipinski definition) is 2. The normalized spacial score (nSPS) is 14.6. The first-order valence-electron chi connectivity index (χ1n) is 13.2. The van der Waals surface area contributed by atoms with Gasteiger partial charge >= 0.3 is 6.09 Å². The Kier molecular flexibility index (Phi) is 8.31. The molecule has 1 aliphatic rings. The van der Waals surface area contributed by atoms with Crippen molar-refractivity contribution in [1.29, 1.82) is 0 Å². The standard InChI is InChI=1S/C32H33N3O3/c36-30(16-15-24-17-19-35(20-18-24)22-25-9-3-1-4-10-25)31-27-13-7-8-14-28(27)34-29(31)21-33-32(37)38-23-26-11-5-2-6-12-26/h1-16,24,34H,17-23H2,(H,33,37). The van der Waals surface area contributed by atoms with Crippen LogP contribution in [0.15, 0.2) is 97.1 Å². The smallest absolute Gasteiger partial charge is 0.407 e. The molecule has 2 N–H and O–H groups in total. The number of H-pyrrole nitrogens is 1. The minimum Gasteiger partial charge on any atom is -0.445 e. The minimum absolute atomic E-state index is 0.0522. The summed E-state index contributed by atoms with van der Waals surface area (Å²) in [6.45, 7) is 3.37. The number of nitrogens with one attached hydrogen (secondary N) is 2.